The van der Waals surface area contributed by atoms with Crippen LogP contribution >= 0.6 is 0 Å². The summed E-state index contributed by atoms with van der Waals surface area (Å²) in [6.07, 6.45) is 4.36. The lowest BCUT2D eigenvalue weighted by atomic mass is 9.96. The molecule has 0 bridgehead atoms. The summed E-state index contributed by atoms with van der Waals surface area (Å²) in [5.74, 6) is 0. The second-order valence-electron chi connectivity index (χ2n) is 2.86. The Bertz CT molecular complexity index is 79.0. The molecule has 0 aromatic heterocycles. The van der Waals surface area contributed by atoms with E-state index in [0.717, 1.165) is 6.61 Å². The van der Waals surface area contributed by atoms with Crippen molar-refractivity contribution in [1.29, 1.82) is 0 Å². The van der Waals surface area contributed by atoms with Gasteiger partial charge < -0.3 is 10.5 Å². The van der Waals surface area contributed by atoms with E-state index in [1.165, 1.54) is 19.3 Å². The molecule has 1 aliphatic rings. The molecule has 1 saturated carbocycles. The van der Waals surface area contributed by atoms with Gasteiger partial charge in [0.15, 0.2) is 0 Å². The van der Waals surface area contributed by atoms with Crippen LogP contribution in [0.1, 0.15) is 26.2 Å². The third-order valence-corrected chi connectivity index (χ3v) is 1.65. The highest BCUT2D eigenvalue weighted by Crippen LogP contribution is 2.21. The Balaban J connectivity index is 1.91. The van der Waals surface area contributed by atoms with Crippen LogP contribution in [0.15, 0.2) is 0 Å². The van der Waals surface area contributed by atoms with Crippen molar-refractivity contribution in [3.05, 3.63) is 0 Å². The Labute approximate surface area is 56.4 Å². The van der Waals surface area contributed by atoms with Crippen molar-refractivity contribution in [2.45, 2.75) is 38.3 Å². The van der Waals surface area contributed by atoms with Gasteiger partial charge in [0.2, 0.25) is 0 Å². The van der Waals surface area contributed by atoms with Crippen LogP contribution < -0.4 is 5.73 Å². The number of hydrogen-bond acceptors (Lipinski definition) is 2. The van der Waals surface area contributed by atoms with E-state index in [0.29, 0.717) is 6.10 Å². The smallest absolute Gasteiger partial charge is 0.0618 e. The zero-order valence-corrected chi connectivity index (χ0v) is 5.97. The molecule has 0 radical (unpaired) electrons. The molecule has 54 valence electrons. The largest absolute Gasteiger partial charge is 0.377 e. The lowest BCUT2D eigenvalue weighted by molar-refractivity contribution is -0.00235. The highest BCUT2D eigenvalue weighted by molar-refractivity contribution is 4.69. The second-order valence-corrected chi connectivity index (χ2v) is 2.86. The second kappa shape index (κ2) is 3.18. The van der Waals surface area contributed by atoms with Crippen molar-refractivity contribution < 1.29 is 4.74 Å². The van der Waals surface area contributed by atoms with Crippen LogP contribution in [0.25, 0.3) is 0 Å². The SMILES string of the molecule is CC(N)COC1CCC1. The van der Waals surface area contributed by atoms with E-state index in [4.69, 9.17) is 10.5 Å². The summed E-state index contributed by atoms with van der Waals surface area (Å²) >= 11 is 0. The molecule has 0 aromatic carbocycles. The Morgan fingerprint density at radius 3 is 2.67 bits per heavy atom. The third kappa shape index (κ3) is 2.33. The van der Waals surface area contributed by atoms with Gasteiger partial charge in [-0.15, -0.1) is 0 Å². The van der Waals surface area contributed by atoms with Gasteiger partial charge in [0.1, 0.15) is 0 Å². The summed E-state index contributed by atoms with van der Waals surface area (Å²) in [5, 5.41) is 0. The predicted molar refractivity (Wildman–Crippen MR) is 37.2 cm³/mol. The van der Waals surface area contributed by atoms with Gasteiger partial charge in [0, 0.05) is 6.04 Å². The summed E-state index contributed by atoms with van der Waals surface area (Å²) in [7, 11) is 0. The highest BCUT2D eigenvalue weighted by atomic mass is 16.5. The fraction of sp³-hybridized carbons (Fsp3) is 1.00. The van der Waals surface area contributed by atoms with Gasteiger partial charge in [0.25, 0.3) is 0 Å². The standard InChI is InChI=1S/C7H15NO/c1-6(8)5-9-7-3-2-4-7/h6-7H,2-5,8H2,1H3. The van der Waals surface area contributed by atoms with Crippen molar-refractivity contribution in [3.63, 3.8) is 0 Å². The quantitative estimate of drug-likeness (QED) is 0.614. The van der Waals surface area contributed by atoms with E-state index in [9.17, 15) is 0 Å². The van der Waals surface area contributed by atoms with Crippen LogP contribution in [0, 0.1) is 0 Å². The van der Waals surface area contributed by atoms with Crippen molar-refractivity contribution >= 4 is 0 Å². The minimum Gasteiger partial charge on any atom is -0.377 e. The fourth-order valence-corrected chi connectivity index (χ4v) is 0.825. The topological polar surface area (TPSA) is 35.2 Å². The molecule has 0 heterocycles. The van der Waals surface area contributed by atoms with E-state index in [-0.39, 0.29) is 6.04 Å². The molecule has 1 rings (SSSR count). The Hall–Kier alpha value is -0.0800. The molecule has 0 aliphatic heterocycles. The molecule has 1 fully saturated rings. The molecule has 2 nitrogen and oxygen atoms in total. The summed E-state index contributed by atoms with van der Waals surface area (Å²) in [5.41, 5.74) is 5.49. The number of ether oxygens (including phenoxy) is 1. The third-order valence-electron chi connectivity index (χ3n) is 1.65. The minimum absolute atomic E-state index is 0.200. The fourth-order valence-electron chi connectivity index (χ4n) is 0.825. The molecule has 2 heteroatoms. The first kappa shape index (κ1) is 7.03. The maximum atomic E-state index is 5.49. The van der Waals surface area contributed by atoms with Gasteiger partial charge in [-0.25, -0.2) is 0 Å². The van der Waals surface area contributed by atoms with Gasteiger partial charge >= 0.3 is 0 Å². The van der Waals surface area contributed by atoms with E-state index in [1.54, 1.807) is 0 Å². The Kier molecular flexibility index (Phi) is 2.49. The molecular formula is C7H15NO. The maximum Gasteiger partial charge on any atom is 0.0618 e. The summed E-state index contributed by atoms with van der Waals surface area (Å²) < 4.78 is 5.41. The summed E-state index contributed by atoms with van der Waals surface area (Å²) in [4.78, 5) is 0. The molecule has 1 atom stereocenters. The molecule has 1 aliphatic carbocycles. The molecule has 0 amide bonds. The van der Waals surface area contributed by atoms with Crippen LogP contribution in [0.4, 0.5) is 0 Å². The van der Waals surface area contributed by atoms with Crippen LogP contribution in [0.5, 0.6) is 0 Å². The zero-order valence-electron chi connectivity index (χ0n) is 5.97. The summed E-state index contributed by atoms with van der Waals surface area (Å²) in [6, 6.07) is 0.200. The van der Waals surface area contributed by atoms with Gasteiger partial charge in [-0.2, -0.15) is 0 Å². The van der Waals surface area contributed by atoms with Gasteiger partial charge in [-0.3, -0.25) is 0 Å². The first-order valence-corrected chi connectivity index (χ1v) is 3.66. The first-order chi connectivity index (χ1) is 4.29. The zero-order chi connectivity index (χ0) is 6.69. The number of hydrogen-bond donors (Lipinski definition) is 1. The van der Waals surface area contributed by atoms with E-state index in [2.05, 4.69) is 0 Å². The number of rotatable bonds is 3. The Morgan fingerprint density at radius 1 is 1.67 bits per heavy atom. The highest BCUT2D eigenvalue weighted by Gasteiger charge is 2.17. The predicted octanol–water partition coefficient (Wildman–Crippen LogP) is 0.903. The van der Waals surface area contributed by atoms with Crippen LogP contribution in [0.2, 0.25) is 0 Å². The average molecular weight is 129 g/mol. The molecule has 0 saturated heterocycles. The monoisotopic (exact) mass is 129 g/mol. The maximum absolute atomic E-state index is 5.49. The molecule has 9 heavy (non-hydrogen) atoms. The number of nitrogens with two attached hydrogens (primary N) is 1. The van der Waals surface area contributed by atoms with E-state index < -0.39 is 0 Å². The van der Waals surface area contributed by atoms with Crippen molar-refractivity contribution in [1.82, 2.24) is 0 Å². The van der Waals surface area contributed by atoms with Crippen molar-refractivity contribution in [2.24, 2.45) is 5.73 Å². The van der Waals surface area contributed by atoms with Crippen LogP contribution in [-0.4, -0.2) is 18.8 Å². The molecule has 0 aromatic rings. The van der Waals surface area contributed by atoms with Gasteiger partial charge in [-0.05, 0) is 26.2 Å². The van der Waals surface area contributed by atoms with E-state index >= 15 is 0 Å². The van der Waals surface area contributed by atoms with Crippen LogP contribution in [0.3, 0.4) is 0 Å². The minimum atomic E-state index is 0.200. The first-order valence-electron chi connectivity index (χ1n) is 3.66. The van der Waals surface area contributed by atoms with Gasteiger partial charge in [0.05, 0.1) is 12.7 Å². The molecular weight excluding hydrogens is 114 g/mol. The van der Waals surface area contributed by atoms with Gasteiger partial charge in [-0.1, -0.05) is 0 Å². The normalized spacial score (nSPS) is 23.3. The van der Waals surface area contributed by atoms with Crippen molar-refractivity contribution in [3.8, 4) is 0 Å². The van der Waals surface area contributed by atoms with E-state index in [1.807, 2.05) is 6.92 Å². The molecule has 2 N–H and O–H groups in total. The summed E-state index contributed by atoms with van der Waals surface area (Å²) in [6.45, 7) is 2.70. The molecule has 1 unspecified atom stereocenters. The Morgan fingerprint density at radius 2 is 2.33 bits per heavy atom. The van der Waals surface area contributed by atoms with Crippen molar-refractivity contribution in [2.75, 3.05) is 6.61 Å². The van der Waals surface area contributed by atoms with Crippen LogP contribution in [-0.2, 0) is 4.74 Å². The lowest BCUT2D eigenvalue weighted by Gasteiger charge is -2.26. The molecule has 0 spiro atoms. The average Bonchev–Trinajstić information content (AvgIpc) is 1.60. The lowest BCUT2D eigenvalue weighted by Crippen LogP contribution is -2.29.